The summed E-state index contributed by atoms with van der Waals surface area (Å²) in [6.45, 7) is 6.20. The van der Waals surface area contributed by atoms with Crippen LogP contribution < -0.4 is 4.90 Å². The van der Waals surface area contributed by atoms with E-state index in [2.05, 4.69) is 11.6 Å². The summed E-state index contributed by atoms with van der Waals surface area (Å²) in [7, 11) is 0. The molecule has 4 heteroatoms. The van der Waals surface area contributed by atoms with E-state index in [9.17, 15) is 10.2 Å². The molecule has 0 fully saturated rings. The van der Waals surface area contributed by atoms with Crippen molar-refractivity contribution in [3.63, 3.8) is 0 Å². The van der Waals surface area contributed by atoms with Crippen LogP contribution in [0.5, 0.6) is 11.5 Å². The van der Waals surface area contributed by atoms with E-state index in [-0.39, 0.29) is 11.5 Å². The maximum atomic E-state index is 9.75. The van der Waals surface area contributed by atoms with Crippen LogP contribution in [0.25, 0.3) is 5.70 Å². The molecule has 0 aromatic heterocycles. The van der Waals surface area contributed by atoms with E-state index in [1.54, 1.807) is 30.6 Å². The molecule has 0 spiro atoms. The molecule has 0 atom stereocenters. The maximum absolute atomic E-state index is 9.75. The fourth-order valence-electron chi connectivity index (χ4n) is 2.53. The highest BCUT2D eigenvalue weighted by molar-refractivity contribution is 6.03. The molecule has 1 aliphatic rings. The van der Waals surface area contributed by atoms with E-state index < -0.39 is 0 Å². The minimum absolute atomic E-state index is 0.216. The molecule has 1 heterocycles. The van der Waals surface area contributed by atoms with Crippen LogP contribution in [0.1, 0.15) is 18.1 Å². The van der Waals surface area contributed by atoms with Crippen molar-refractivity contribution in [3.8, 4) is 11.5 Å². The van der Waals surface area contributed by atoms with Gasteiger partial charge in [0.1, 0.15) is 17.8 Å². The van der Waals surface area contributed by atoms with E-state index in [1.165, 1.54) is 0 Å². The van der Waals surface area contributed by atoms with Crippen LogP contribution in [0.4, 0.5) is 11.4 Å². The van der Waals surface area contributed by atoms with Gasteiger partial charge in [0.15, 0.2) is 0 Å². The van der Waals surface area contributed by atoms with Gasteiger partial charge in [0.2, 0.25) is 0 Å². The quantitative estimate of drug-likeness (QED) is 0.879. The second-order valence-electron chi connectivity index (χ2n) is 4.93. The lowest BCUT2D eigenvalue weighted by atomic mass is 9.98. The van der Waals surface area contributed by atoms with Gasteiger partial charge < -0.3 is 15.1 Å². The largest absolute Gasteiger partial charge is 0.508 e. The number of benzene rings is 2. The second kappa shape index (κ2) is 4.98. The van der Waals surface area contributed by atoms with Crippen molar-refractivity contribution in [3.05, 3.63) is 54.1 Å². The summed E-state index contributed by atoms with van der Waals surface area (Å²) < 4.78 is 0. The lowest BCUT2D eigenvalue weighted by Crippen LogP contribution is -2.22. The van der Waals surface area contributed by atoms with Gasteiger partial charge in [0.05, 0.1) is 5.69 Å². The van der Waals surface area contributed by atoms with E-state index in [0.29, 0.717) is 0 Å². The first-order valence-electron chi connectivity index (χ1n) is 6.77. The third-order valence-electron chi connectivity index (χ3n) is 3.58. The highest BCUT2D eigenvalue weighted by Gasteiger charge is 2.21. The molecule has 0 aliphatic carbocycles. The first-order valence-corrected chi connectivity index (χ1v) is 6.77. The molecule has 4 nitrogen and oxygen atoms in total. The van der Waals surface area contributed by atoms with Crippen LogP contribution in [0.15, 0.2) is 48.0 Å². The van der Waals surface area contributed by atoms with Gasteiger partial charge >= 0.3 is 0 Å². The van der Waals surface area contributed by atoms with E-state index in [4.69, 9.17) is 0 Å². The first kappa shape index (κ1) is 13.2. The summed E-state index contributed by atoms with van der Waals surface area (Å²) in [5.41, 5.74) is 4.37. The van der Waals surface area contributed by atoms with Gasteiger partial charge in [-0.3, -0.25) is 0 Å². The molecule has 1 aliphatic heterocycles. The van der Waals surface area contributed by atoms with Gasteiger partial charge in [0.25, 0.3) is 0 Å². The van der Waals surface area contributed by atoms with Crippen molar-refractivity contribution in [1.82, 2.24) is 0 Å². The molecular weight excluding hydrogens is 264 g/mol. The molecule has 0 saturated heterocycles. The predicted octanol–water partition coefficient (Wildman–Crippen LogP) is 3.81. The SMILES string of the molecule is C=C1c2c(CC)cc(O)cc2N=CN1c1ccc(O)cc1. The number of phenolic OH excluding ortho intramolecular Hbond substituents is 2. The number of nitrogens with zero attached hydrogens (tertiary/aromatic N) is 2. The van der Waals surface area contributed by atoms with Crippen LogP contribution in [0.2, 0.25) is 0 Å². The zero-order chi connectivity index (χ0) is 15.0. The molecule has 2 N–H and O–H groups in total. The number of anilines is 1. The Morgan fingerprint density at radius 1 is 1.10 bits per heavy atom. The number of aliphatic imine (C=N–C) groups is 1. The van der Waals surface area contributed by atoms with Gasteiger partial charge in [-0.05, 0) is 42.3 Å². The molecule has 21 heavy (non-hydrogen) atoms. The van der Waals surface area contributed by atoms with Crippen LogP contribution in [0.3, 0.4) is 0 Å². The number of aromatic hydroxyl groups is 2. The van der Waals surface area contributed by atoms with E-state index >= 15 is 0 Å². The number of hydrogen-bond acceptors (Lipinski definition) is 4. The molecule has 0 bridgehead atoms. The highest BCUT2D eigenvalue weighted by Crippen LogP contribution is 2.39. The zero-order valence-electron chi connectivity index (χ0n) is 11.7. The Kier molecular flexibility index (Phi) is 3.14. The molecular formula is C17H16N2O2. The average molecular weight is 280 g/mol. The standard InChI is InChI=1S/C17H16N2O2/c1-3-12-8-15(21)9-16-17(12)11(2)19(10-18-16)13-4-6-14(20)7-5-13/h4-10,20-21H,2-3H2,1H3. The number of rotatable bonds is 2. The molecule has 0 radical (unpaired) electrons. The summed E-state index contributed by atoms with van der Waals surface area (Å²) in [6.07, 6.45) is 2.46. The third-order valence-corrected chi connectivity index (χ3v) is 3.58. The average Bonchev–Trinajstić information content (AvgIpc) is 2.48. The fraction of sp³-hybridized carbons (Fsp3) is 0.118. The molecule has 0 saturated carbocycles. The van der Waals surface area contributed by atoms with E-state index in [1.807, 2.05) is 24.0 Å². The molecule has 3 rings (SSSR count). The first-order chi connectivity index (χ1) is 10.1. The molecule has 106 valence electrons. The number of fused-ring (bicyclic) bond motifs is 1. The van der Waals surface area contributed by atoms with Crippen molar-refractivity contribution in [2.24, 2.45) is 4.99 Å². The zero-order valence-corrected chi connectivity index (χ0v) is 11.7. The number of aryl methyl sites for hydroxylation is 1. The summed E-state index contributed by atoms with van der Waals surface area (Å²) >= 11 is 0. The molecule has 2 aromatic carbocycles. The molecule has 0 unspecified atom stereocenters. The smallest absolute Gasteiger partial charge is 0.118 e. The Morgan fingerprint density at radius 3 is 2.48 bits per heavy atom. The lowest BCUT2D eigenvalue weighted by Gasteiger charge is -2.28. The Hall–Kier alpha value is -2.75. The Morgan fingerprint density at radius 2 is 1.81 bits per heavy atom. The highest BCUT2D eigenvalue weighted by atomic mass is 16.3. The number of hydrogen-bond donors (Lipinski definition) is 2. The normalized spacial score (nSPS) is 13.4. The summed E-state index contributed by atoms with van der Waals surface area (Å²) in [6, 6.07) is 10.3. The number of phenols is 2. The topological polar surface area (TPSA) is 56.1 Å². The predicted molar refractivity (Wildman–Crippen MR) is 85.3 cm³/mol. The summed E-state index contributed by atoms with van der Waals surface area (Å²) in [5, 5.41) is 19.1. The van der Waals surface area contributed by atoms with Gasteiger partial charge in [-0.2, -0.15) is 0 Å². The minimum atomic E-state index is 0.216. The van der Waals surface area contributed by atoms with Crippen LogP contribution >= 0.6 is 0 Å². The van der Waals surface area contributed by atoms with Crippen molar-refractivity contribution in [2.75, 3.05) is 4.90 Å². The van der Waals surface area contributed by atoms with Crippen LogP contribution in [0, 0.1) is 0 Å². The van der Waals surface area contributed by atoms with Crippen LogP contribution in [-0.2, 0) is 6.42 Å². The summed E-state index contributed by atoms with van der Waals surface area (Å²) in [5.74, 6) is 0.437. The van der Waals surface area contributed by atoms with Gasteiger partial charge in [-0.15, -0.1) is 0 Å². The molecule has 2 aromatic rings. The molecule has 0 amide bonds. The minimum Gasteiger partial charge on any atom is -0.508 e. The van der Waals surface area contributed by atoms with Crippen molar-refractivity contribution in [2.45, 2.75) is 13.3 Å². The maximum Gasteiger partial charge on any atom is 0.118 e. The third kappa shape index (κ3) is 2.25. The van der Waals surface area contributed by atoms with Gasteiger partial charge in [0, 0.05) is 23.0 Å². The Labute approximate surface area is 123 Å². The van der Waals surface area contributed by atoms with E-state index in [0.717, 1.165) is 34.6 Å². The monoisotopic (exact) mass is 280 g/mol. The Bertz CT molecular complexity index is 733. The Balaban J connectivity index is 2.08. The second-order valence-corrected chi connectivity index (χ2v) is 4.93. The fourth-order valence-corrected chi connectivity index (χ4v) is 2.53. The lowest BCUT2D eigenvalue weighted by molar-refractivity contribution is 0.474. The van der Waals surface area contributed by atoms with Gasteiger partial charge in [-0.1, -0.05) is 13.5 Å². The van der Waals surface area contributed by atoms with Gasteiger partial charge in [-0.25, -0.2) is 4.99 Å². The van der Waals surface area contributed by atoms with Crippen molar-refractivity contribution >= 4 is 23.4 Å². The van der Waals surface area contributed by atoms with Crippen LogP contribution in [-0.4, -0.2) is 16.6 Å². The summed E-state index contributed by atoms with van der Waals surface area (Å²) in [4.78, 5) is 6.28. The van der Waals surface area contributed by atoms with Crippen molar-refractivity contribution < 1.29 is 10.2 Å². The van der Waals surface area contributed by atoms with Crippen molar-refractivity contribution in [1.29, 1.82) is 0 Å².